The van der Waals surface area contributed by atoms with Crippen molar-refractivity contribution >= 4 is 11.6 Å². The van der Waals surface area contributed by atoms with Crippen LogP contribution in [0.5, 0.6) is 0 Å². The van der Waals surface area contributed by atoms with Crippen molar-refractivity contribution in [1.82, 2.24) is 5.32 Å². The highest BCUT2D eigenvalue weighted by molar-refractivity contribution is 5.94. The lowest BCUT2D eigenvalue weighted by atomic mass is 10.0. The topological polar surface area (TPSA) is 41.1 Å². The molecule has 0 aliphatic heterocycles. The number of anilines is 1. The molecule has 1 atom stereocenters. The van der Waals surface area contributed by atoms with Gasteiger partial charge in [-0.05, 0) is 49.9 Å². The highest BCUT2D eigenvalue weighted by Crippen LogP contribution is 2.14. The van der Waals surface area contributed by atoms with Gasteiger partial charge in [-0.1, -0.05) is 13.8 Å². The summed E-state index contributed by atoms with van der Waals surface area (Å²) in [6, 6.07) is 8.05. The Morgan fingerprint density at radius 2 is 1.72 bits per heavy atom. The first-order chi connectivity index (χ1) is 8.52. The number of rotatable bonds is 6. The van der Waals surface area contributed by atoms with Crippen molar-refractivity contribution in [2.75, 3.05) is 12.4 Å². The standard InChI is InChI=1S/C15H24N2O/c1-11(2)5-6-12(3)17-14-9-7-13(8-10-14)15(18)16-4/h7-12,17H,5-6H2,1-4H3,(H,16,18). The van der Waals surface area contributed by atoms with Crippen molar-refractivity contribution in [3.63, 3.8) is 0 Å². The minimum absolute atomic E-state index is 0.0468. The minimum Gasteiger partial charge on any atom is -0.383 e. The number of hydrogen-bond donors (Lipinski definition) is 2. The molecule has 0 aromatic heterocycles. The molecule has 3 heteroatoms. The summed E-state index contributed by atoms with van der Waals surface area (Å²) >= 11 is 0. The molecular formula is C15H24N2O. The van der Waals surface area contributed by atoms with Crippen LogP contribution in [0.3, 0.4) is 0 Å². The molecule has 3 nitrogen and oxygen atoms in total. The van der Waals surface area contributed by atoms with Crippen LogP contribution in [0, 0.1) is 5.92 Å². The number of amides is 1. The summed E-state index contributed by atoms with van der Waals surface area (Å²) in [7, 11) is 1.64. The van der Waals surface area contributed by atoms with Gasteiger partial charge in [-0.15, -0.1) is 0 Å². The van der Waals surface area contributed by atoms with Gasteiger partial charge in [0.2, 0.25) is 0 Å². The van der Waals surface area contributed by atoms with Crippen molar-refractivity contribution in [1.29, 1.82) is 0 Å². The zero-order valence-electron chi connectivity index (χ0n) is 11.8. The van der Waals surface area contributed by atoms with Crippen LogP contribution in [0.25, 0.3) is 0 Å². The molecule has 0 radical (unpaired) electrons. The van der Waals surface area contributed by atoms with Gasteiger partial charge in [0.15, 0.2) is 0 Å². The van der Waals surface area contributed by atoms with E-state index in [-0.39, 0.29) is 5.91 Å². The average Bonchev–Trinajstić information content (AvgIpc) is 2.36. The van der Waals surface area contributed by atoms with Crippen molar-refractivity contribution < 1.29 is 4.79 Å². The maximum atomic E-state index is 11.4. The third-order valence-electron chi connectivity index (χ3n) is 2.96. The smallest absolute Gasteiger partial charge is 0.251 e. The maximum Gasteiger partial charge on any atom is 0.251 e. The first kappa shape index (κ1) is 14.6. The highest BCUT2D eigenvalue weighted by atomic mass is 16.1. The predicted molar refractivity (Wildman–Crippen MR) is 77.0 cm³/mol. The van der Waals surface area contributed by atoms with Gasteiger partial charge in [-0.25, -0.2) is 0 Å². The van der Waals surface area contributed by atoms with Crippen LogP contribution in [0.15, 0.2) is 24.3 Å². The first-order valence-electron chi connectivity index (χ1n) is 6.61. The van der Waals surface area contributed by atoms with E-state index in [1.54, 1.807) is 7.05 Å². The van der Waals surface area contributed by atoms with Gasteiger partial charge in [-0.2, -0.15) is 0 Å². The summed E-state index contributed by atoms with van der Waals surface area (Å²) in [6.45, 7) is 6.67. The molecule has 0 spiro atoms. The van der Waals surface area contributed by atoms with Gasteiger partial charge in [0.25, 0.3) is 5.91 Å². The lowest BCUT2D eigenvalue weighted by Gasteiger charge is -2.16. The molecule has 0 aliphatic rings. The second kappa shape index (κ2) is 7.04. The minimum atomic E-state index is -0.0468. The fourth-order valence-corrected chi connectivity index (χ4v) is 1.80. The van der Waals surface area contributed by atoms with E-state index < -0.39 is 0 Å². The molecule has 0 saturated carbocycles. The van der Waals surface area contributed by atoms with Crippen LogP contribution in [-0.4, -0.2) is 19.0 Å². The van der Waals surface area contributed by atoms with Gasteiger partial charge >= 0.3 is 0 Å². The van der Waals surface area contributed by atoms with Gasteiger partial charge in [0.05, 0.1) is 0 Å². The lowest BCUT2D eigenvalue weighted by molar-refractivity contribution is 0.0963. The maximum absolute atomic E-state index is 11.4. The monoisotopic (exact) mass is 248 g/mol. The summed E-state index contributed by atoms with van der Waals surface area (Å²) in [4.78, 5) is 11.4. The van der Waals surface area contributed by atoms with E-state index in [0.717, 1.165) is 18.0 Å². The van der Waals surface area contributed by atoms with Crippen molar-refractivity contribution in [3.05, 3.63) is 29.8 Å². The van der Waals surface area contributed by atoms with E-state index in [1.165, 1.54) is 6.42 Å². The molecule has 1 unspecified atom stereocenters. The lowest BCUT2D eigenvalue weighted by Crippen LogP contribution is -2.18. The fraction of sp³-hybridized carbons (Fsp3) is 0.533. The second-order valence-corrected chi connectivity index (χ2v) is 5.17. The first-order valence-corrected chi connectivity index (χ1v) is 6.61. The van der Waals surface area contributed by atoms with E-state index in [1.807, 2.05) is 24.3 Å². The molecule has 0 fully saturated rings. The molecule has 18 heavy (non-hydrogen) atoms. The van der Waals surface area contributed by atoms with Crippen LogP contribution in [0.2, 0.25) is 0 Å². The summed E-state index contributed by atoms with van der Waals surface area (Å²) in [5.41, 5.74) is 1.76. The molecule has 0 saturated heterocycles. The Hall–Kier alpha value is -1.51. The highest BCUT2D eigenvalue weighted by Gasteiger charge is 2.05. The quantitative estimate of drug-likeness (QED) is 0.811. The molecular weight excluding hydrogens is 224 g/mol. The molecule has 0 bridgehead atoms. The van der Waals surface area contributed by atoms with Crippen molar-refractivity contribution in [3.8, 4) is 0 Å². The average molecular weight is 248 g/mol. The zero-order chi connectivity index (χ0) is 13.5. The van der Waals surface area contributed by atoms with Crippen molar-refractivity contribution in [2.45, 2.75) is 39.7 Å². The largest absolute Gasteiger partial charge is 0.383 e. The van der Waals surface area contributed by atoms with Crippen LogP contribution >= 0.6 is 0 Å². The van der Waals surface area contributed by atoms with Gasteiger partial charge < -0.3 is 10.6 Å². The molecule has 1 aromatic carbocycles. The Kier molecular flexibility index (Phi) is 5.69. The Morgan fingerprint density at radius 3 is 2.22 bits per heavy atom. The summed E-state index contributed by atoms with van der Waals surface area (Å²) in [6.07, 6.45) is 2.39. The fourth-order valence-electron chi connectivity index (χ4n) is 1.80. The van der Waals surface area contributed by atoms with Crippen LogP contribution in [0.1, 0.15) is 44.0 Å². The van der Waals surface area contributed by atoms with Crippen molar-refractivity contribution in [2.24, 2.45) is 5.92 Å². The SMILES string of the molecule is CNC(=O)c1ccc(NC(C)CCC(C)C)cc1. The molecule has 1 amide bonds. The molecule has 0 aliphatic carbocycles. The third-order valence-corrected chi connectivity index (χ3v) is 2.96. The molecule has 0 heterocycles. The summed E-state index contributed by atoms with van der Waals surface area (Å²) in [5.74, 6) is 0.694. The van der Waals surface area contributed by atoms with E-state index in [0.29, 0.717) is 11.6 Å². The van der Waals surface area contributed by atoms with E-state index >= 15 is 0 Å². The number of carbonyl (C=O) groups is 1. The Morgan fingerprint density at radius 1 is 1.11 bits per heavy atom. The Labute approximate surface area is 110 Å². The molecule has 1 rings (SSSR count). The van der Waals surface area contributed by atoms with E-state index in [9.17, 15) is 4.79 Å². The number of carbonyl (C=O) groups excluding carboxylic acids is 1. The zero-order valence-corrected chi connectivity index (χ0v) is 11.8. The van der Waals surface area contributed by atoms with Gasteiger partial charge in [0, 0.05) is 24.3 Å². The second-order valence-electron chi connectivity index (χ2n) is 5.17. The van der Waals surface area contributed by atoms with Crippen LogP contribution in [0.4, 0.5) is 5.69 Å². The predicted octanol–water partition coefficient (Wildman–Crippen LogP) is 3.28. The Bertz CT molecular complexity index is 371. The van der Waals surface area contributed by atoms with E-state index in [2.05, 4.69) is 31.4 Å². The summed E-state index contributed by atoms with van der Waals surface area (Å²) in [5, 5.41) is 6.06. The third kappa shape index (κ3) is 4.78. The van der Waals surface area contributed by atoms with E-state index in [4.69, 9.17) is 0 Å². The Balaban J connectivity index is 2.50. The molecule has 100 valence electrons. The van der Waals surface area contributed by atoms with Crippen LogP contribution in [-0.2, 0) is 0 Å². The van der Waals surface area contributed by atoms with Crippen LogP contribution < -0.4 is 10.6 Å². The normalized spacial score (nSPS) is 12.3. The van der Waals surface area contributed by atoms with Gasteiger partial charge in [0.1, 0.15) is 0 Å². The molecule has 2 N–H and O–H groups in total. The van der Waals surface area contributed by atoms with Gasteiger partial charge in [-0.3, -0.25) is 4.79 Å². The number of nitrogens with one attached hydrogen (secondary N) is 2. The summed E-state index contributed by atoms with van der Waals surface area (Å²) < 4.78 is 0. The number of hydrogen-bond acceptors (Lipinski definition) is 2. The number of benzene rings is 1. The molecule has 1 aromatic rings.